The van der Waals surface area contributed by atoms with Crippen molar-refractivity contribution in [2.75, 3.05) is 0 Å². The van der Waals surface area contributed by atoms with Gasteiger partial charge in [0, 0.05) is 7.76 Å². The van der Waals surface area contributed by atoms with Crippen molar-refractivity contribution in [3.8, 4) is 6.07 Å². The summed E-state index contributed by atoms with van der Waals surface area (Å²) in [4.78, 5) is 2.63. The van der Waals surface area contributed by atoms with Crippen LogP contribution in [0.15, 0.2) is 29.4 Å². The van der Waals surface area contributed by atoms with Crippen molar-refractivity contribution in [2.24, 2.45) is 5.11 Å². The summed E-state index contributed by atoms with van der Waals surface area (Å²) < 4.78 is 0. The number of hydrogen-bond donors (Lipinski definition) is 0. The number of nitrogens with zero attached hydrogens (tertiary/aromatic N) is 4. The molecule has 0 aliphatic rings. The molecule has 12 heavy (non-hydrogen) atoms. The lowest BCUT2D eigenvalue weighted by Gasteiger charge is -1.93. The SMILES string of the molecule is N#Cc1ccc(CN=[N+]=[N-])cc1.[HH].[HH]. The molecule has 0 radical (unpaired) electrons. The maximum atomic E-state index is 8.47. The van der Waals surface area contributed by atoms with Gasteiger partial charge in [-0.2, -0.15) is 5.26 Å². The maximum absolute atomic E-state index is 8.47. The molecule has 0 aliphatic carbocycles. The van der Waals surface area contributed by atoms with Gasteiger partial charge in [0.05, 0.1) is 18.2 Å². The minimum atomic E-state index is 0. The van der Waals surface area contributed by atoms with Crippen LogP contribution in [-0.2, 0) is 6.54 Å². The molecule has 4 heteroatoms. The van der Waals surface area contributed by atoms with Crippen LogP contribution in [0.5, 0.6) is 0 Å². The summed E-state index contributed by atoms with van der Waals surface area (Å²) in [6.45, 7) is 0.336. The molecule has 4 nitrogen and oxygen atoms in total. The molecule has 1 aromatic rings. The van der Waals surface area contributed by atoms with Crippen molar-refractivity contribution < 1.29 is 2.85 Å². The third-order valence-electron chi connectivity index (χ3n) is 1.40. The van der Waals surface area contributed by atoms with Crippen LogP contribution in [0.25, 0.3) is 10.4 Å². The van der Waals surface area contributed by atoms with Crippen LogP contribution in [0.4, 0.5) is 0 Å². The van der Waals surface area contributed by atoms with Crippen molar-refractivity contribution >= 4 is 0 Å². The molecule has 0 heterocycles. The smallest absolute Gasteiger partial charge is 0.0991 e. The van der Waals surface area contributed by atoms with Crippen molar-refractivity contribution in [1.29, 1.82) is 5.26 Å². The Kier molecular flexibility index (Phi) is 2.72. The van der Waals surface area contributed by atoms with Crippen LogP contribution in [-0.4, -0.2) is 0 Å². The van der Waals surface area contributed by atoms with Gasteiger partial charge in [0.1, 0.15) is 0 Å². The summed E-state index contributed by atoms with van der Waals surface area (Å²) >= 11 is 0. The Bertz CT molecular complexity index is 349. The van der Waals surface area contributed by atoms with E-state index in [9.17, 15) is 0 Å². The second-order valence-corrected chi connectivity index (χ2v) is 2.20. The van der Waals surface area contributed by atoms with Gasteiger partial charge in [-0.15, -0.1) is 0 Å². The Morgan fingerprint density at radius 3 is 2.67 bits per heavy atom. The molecule has 62 valence electrons. The topological polar surface area (TPSA) is 72.5 Å². The van der Waals surface area contributed by atoms with E-state index in [4.69, 9.17) is 10.8 Å². The van der Waals surface area contributed by atoms with E-state index in [2.05, 4.69) is 10.0 Å². The number of hydrogen-bond acceptors (Lipinski definition) is 2. The fourth-order valence-corrected chi connectivity index (χ4v) is 0.798. The average molecular weight is 162 g/mol. The number of nitriles is 1. The lowest BCUT2D eigenvalue weighted by molar-refractivity contribution is 1.05. The minimum Gasteiger partial charge on any atom is -0.192 e. The quantitative estimate of drug-likeness (QED) is 0.374. The van der Waals surface area contributed by atoms with Gasteiger partial charge in [0.15, 0.2) is 0 Å². The summed E-state index contributed by atoms with van der Waals surface area (Å²) in [5, 5.41) is 11.9. The van der Waals surface area contributed by atoms with E-state index < -0.39 is 0 Å². The molecule has 0 amide bonds. The Hall–Kier alpha value is -1.98. The van der Waals surface area contributed by atoms with Crippen molar-refractivity contribution in [2.45, 2.75) is 6.54 Å². The molecule has 0 spiro atoms. The highest BCUT2D eigenvalue weighted by atomic mass is 15.1. The zero-order valence-electron chi connectivity index (χ0n) is 6.31. The molecule has 0 fully saturated rings. The van der Waals surface area contributed by atoms with Gasteiger partial charge in [-0.25, -0.2) is 0 Å². The third kappa shape index (κ3) is 2.01. The normalized spacial score (nSPS) is 8.25. The molecule has 0 aromatic heterocycles. The molecule has 1 aromatic carbocycles. The number of rotatable bonds is 2. The first-order chi connectivity index (χ1) is 5.86. The molecule has 0 atom stereocenters. The van der Waals surface area contributed by atoms with Gasteiger partial charge in [-0.3, -0.25) is 0 Å². The number of benzene rings is 1. The monoisotopic (exact) mass is 162 g/mol. The molecular formula is C8H10N4. The summed E-state index contributed by atoms with van der Waals surface area (Å²) in [5.41, 5.74) is 9.55. The summed E-state index contributed by atoms with van der Waals surface area (Å²) in [6.07, 6.45) is 0. The number of azide groups is 1. The molecular weight excluding hydrogens is 152 g/mol. The standard InChI is InChI=1S/C8H6N4.2H2/c9-5-7-1-3-8(4-2-7)6-11-12-10;;/h1-4H,6H2;2*1H. The van der Waals surface area contributed by atoms with Crippen molar-refractivity contribution in [1.82, 2.24) is 0 Å². The van der Waals surface area contributed by atoms with Gasteiger partial charge in [-0.05, 0) is 23.2 Å². The van der Waals surface area contributed by atoms with Gasteiger partial charge in [-0.1, -0.05) is 17.2 Å². The van der Waals surface area contributed by atoms with E-state index >= 15 is 0 Å². The first-order valence-corrected chi connectivity index (χ1v) is 3.36. The minimum absolute atomic E-state index is 0. The van der Waals surface area contributed by atoms with E-state index in [1.807, 2.05) is 6.07 Å². The van der Waals surface area contributed by atoms with E-state index in [-0.39, 0.29) is 2.85 Å². The third-order valence-corrected chi connectivity index (χ3v) is 1.40. The summed E-state index contributed by atoms with van der Waals surface area (Å²) in [5.74, 6) is 0. The average Bonchev–Trinajstić information content (AvgIpc) is 2.15. The second-order valence-electron chi connectivity index (χ2n) is 2.20. The van der Waals surface area contributed by atoms with Gasteiger partial charge in [0.2, 0.25) is 0 Å². The Balaban J connectivity index is 0. The lowest BCUT2D eigenvalue weighted by atomic mass is 10.1. The summed E-state index contributed by atoms with van der Waals surface area (Å²) in [6, 6.07) is 8.94. The van der Waals surface area contributed by atoms with E-state index in [0.29, 0.717) is 12.1 Å². The van der Waals surface area contributed by atoms with Gasteiger partial charge < -0.3 is 0 Å². The Labute approximate surface area is 72.7 Å². The van der Waals surface area contributed by atoms with Crippen LogP contribution in [0.2, 0.25) is 0 Å². The van der Waals surface area contributed by atoms with Crippen LogP contribution < -0.4 is 0 Å². The van der Waals surface area contributed by atoms with E-state index in [1.54, 1.807) is 24.3 Å². The zero-order chi connectivity index (χ0) is 8.81. The molecule has 0 saturated carbocycles. The Morgan fingerprint density at radius 1 is 1.50 bits per heavy atom. The first-order valence-electron chi connectivity index (χ1n) is 3.36. The first kappa shape index (κ1) is 8.12. The summed E-state index contributed by atoms with van der Waals surface area (Å²) in [7, 11) is 0. The molecule has 0 aliphatic heterocycles. The molecule has 0 bridgehead atoms. The highest BCUT2D eigenvalue weighted by Crippen LogP contribution is 2.04. The fraction of sp³-hybridized carbons (Fsp3) is 0.125. The van der Waals surface area contributed by atoms with Crippen LogP contribution in [0.3, 0.4) is 0 Å². The van der Waals surface area contributed by atoms with Gasteiger partial charge >= 0.3 is 0 Å². The largest absolute Gasteiger partial charge is 0.192 e. The Morgan fingerprint density at radius 2 is 2.17 bits per heavy atom. The lowest BCUT2D eigenvalue weighted by Crippen LogP contribution is -1.80. The van der Waals surface area contributed by atoms with Crippen LogP contribution in [0, 0.1) is 11.3 Å². The second kappa shape index (κ2) is 4.02. The van der Waals surface area contributed by atoms with Crippen LogP contribution in [0.1, 0.15) is 14.0 Å². The highest BCUT2D eigenvalue weighted by molar-refractivity contribution is 5.31. The molecule has 0 unspecified atom stereocenters. The highest BCUT2D eigenvalue weighted by Gasteiger charge is 1.90. The van der Waals surface area contributed by atoms with Gasteiger partial charge in [0.25, 0.3) is 0 Å². The molecule has 0 N–H and O–H groups in total. The van der Waals surface area contributed by atoms with Crippen molar-refractivity contribution in [3.63, 3.8) is 0 Å². The predicted molar refractivity (Wildman–Crippen MR) is 48.2 cm³/mol. The maximum Gasteiger partial charge on any atom is 0.0991 e. The van der Waals surface area contributed by atoms with E-state index in [1.165, 1.54) is 0 Å². The molecule has 1 rings (SSSR count). The van der Waals surface area contributed by atoms with Crippen molar-refractivity contribution in [3.05, 3.63) is 45.8 Å². The molecule has 0 saturated heterocycles. The fourth-order valence-electron chi connectivity index (χ4n) is 0.798. The van der Waals surface area contributed by atoms with E-state index in [0.717, 1.165) is 5.56 Å². The van der Waals surface area contributed by atoms with Crippen LogP contribution >= 0.6 is 0 Å². The predicted octanol–water partition coefficient (Wildman–Crippen LogP) is 2.86. The zero-order valence-corrected chi connectivity index (χ0v) is 6.31.